The zero-order valence-electron chi connectivity index (χ0n) is 19.6. The van der Waals surface area contributed by atoms with Crippen LogP contribution in [0.4, 0.5) is 4.79 Å². The third-order valence-corrected chi connectivity index (χ3v) is 6.77. The van der Waals surface area contributed by atoms with Crippen molar-refractivity contribution in [2.75, 3.05) is 7.05 Å². The van der Waals surface area contributed by atoms with E-state index in [9.17, 15) is 14.7 Å². The lowest BCUT2D eigenvalue weighted by atomic mass is 9.84. The summed E-state index contributed by atoms with van der Waals surface area (Å²) in [5.74, 6) is 0.485. The topological polar surface area (TPSA) is 122 Å². The van der Waals surface area contributed by atoms with Gasteiger partial charge in [-0.2, -0.15) is 5.26 Å². The highest BCUT2D eigenvalue weighted by atomic mass is 16.4. The summed E-state index contributed by atoms with van der Waals surface area (Å²) < 4.78 is 0. The van der Waals surface area contributed by atoms with Crippen LogP contribution < -0.4 is 5.32 Å². The first-order chi connectivity index (χ1) is 16.9. The van der Waals surface area contributed by atoms with E-state index in [1.807, 2.05) is 42.5 Å². The van der Waals surface area contributed by atoms with Gasteiger partial charge in [0.15, 0.2) is 0 Å². The van der Waals surface area contributed by atoms with Crippen LogP contribution in [0.2, 0.25) is 0 Å². The Bertz CT molecular complexity index is 1190. The highest BCUT2D eigenvalue weighted by Crippen LogP contribution is 2.29. The van der Waals surface area contributed by atoms with E-state index < -0.39 is 6.09 Å². The molecule has 4 rings (SSSR count). The molecule has 180 valence electrons. The number of aromatic nitrogens is 2. The van der Waals surface area contributed by atoms with Crippen molar-refractivity contribution in [3.63, 3.8) is 0 Å². The lowest BCUT2D eigenvalue weighted by molar-refractivity contribution is -0.127. The first kappa shape index (κ1) is 24.0. The minimum Gasteiger partial charge on any atom is -0.465 e. The molecule has 0 bridgehead atoms. The maximum atomic E-state index is 13.2. The Morgan fingerprint density at radius 3 is 2.46 bits per heavy atom. The van der Waals surface area contributed by atoms with Crippen molar-refractivity contribution in [2.24, 2.45) is 5.92 Å². The van der Waals surface area contributed by atoms with E-state index in [1.54, 1.807) is 25.4 Å². The first-order valence-electron chi connectivity index (χ1n) is 11.8. The van der Waals surface area contributed by atoms with Gasteiger partial charge in [-0.15, -0.1) is 0 Å². The third-order valence-electron chi connectivity index (χ3n) is 6.77. The Morgan fingerprint density at radius 1 is 1.14 bits per heavy atom. The van der Waals surface area contributed by atoms with Crippen molar-refractivity contribution in [1.29, 1.82) is 5.26 Å². The van der Waals surface area contributed by atoms with Crippen molar-refractivity contribution in [3.05, 3.63) is 77.7 Å². The van der Waals surface area contributed by atoms with Crippen LogP contribution in [0.1, 0.15) is 48.7 Å². The minimum atomic E-state index is -0.934. The number of nitrogens with one attached hydrogen (secondary N) is 2. The Labute approximate surface area is 204 Å². The quantitative estimate of drug-likeness (QED) is 0.468. The Kier molecular flexibility index (Phi) is 7.46. The second-order valence-electron chi connectivity index (χ2n) is 9.02. The number of aromatic amines is 1. The van der Waals surface area contributed by atoms with Gasteiger partial charge in [0.25, 0.3) is 0 Å². The molecule has 0 unspecified atom stereocenters. The number of carbonyl (C=O) groups excluding carboxylic acids is 1. The first-order valence-corrected chi connectivity index (χ1v) is 11.8. The smallest absolute Gasteiger partial charge is 0.407 e. The molecule has 1 aromatic heterocycles. The molecule has 1 saturated carbocycles. The summed E-state index contributed by atoms with van der Waals surface area (Å²) >= 11 is 0. The van der Waals surface area contributed by atoms with Gasteiger partial charge in [0, 0.05) is 19.0 Å². The van der Waals surface area contributed by atoms with E-state index in [2.05, 4.69) is 21.4 Å². The molecule has 1 aliphatic rings. The monoisotopic (exact) mass is 471 g/mol. The summed E-state index contributed by atoms with van der Waals surface area (Å²) in [5, 5.41) is 21.5. The number of carboxylic acid groups (broad SMARTS) is 1. The molecular weight excluding hydrogens is 442 g/mol. The van der Waals surface area contributed by atoms with E-state index in [1.165, 1.54) is 4.90 Å². The van der Waals surface area contributed by atoms with E-state index in [0.717, 1.165) is 16.8 Å². The standard InChI is InChI=1S/C27H29N5O3/c1-32(27(34)35)22-13-11-21(12-14-22)26(33)31-23(15-18-5-3-2-4-6-18)25-29-17-24(30-25)20-9-7-19(16-28)8-10-20/h2-10,17,21-23H,11-15H2,1H3,(H,29,30)(H,31,33)(H,34,35)/t21?,22?,23-/m0/s1. The van der Waals surface area contributed by atoms with Crippen molar-refractivity contribution >= 4 is 12.0 Å². The largest absolute Gasteiger partial charge is 0.465 e. The van der Waals surface area contributed by atoms with Gasteiger partial charge >= 0.3 is 6.09 Å². The van der Waals surface area contributed by atoms with Crippen LogP contribution in [-0.2, 0) is 11.2 Å². The second kappa shape index (κ2) is 10.9. The normalized spacial score (nSPS) is 18.3. The fourth-order valence-corrected chi connectivity index (χ4v) is 4.62. The fourth-order valence-electron chi connectivity index (χ4n) is 4.62. The molecule has 1 aliphatic carbocycles. The number of nitrogens with zero attached hydrogens (tertiary/aromatic N) is 3. The number of imidazole rings is 1. The number of hydrogen-bond acceptors (Lipinski definition) is 4. The molecule has 1 atom stereocenters. The number of hydrogen-bond donors (Lipinski definition) is 3. The average Bonchev–Trinajstić information content (AvgIpc) is 3.39. The molecule has 35 heavy (non-hydrogen) atoms. The number of rotatable bonds is 7. The van der Waals surface area contributed by atoms with Crippen LogP contribution in [0.15, 0.2) is 60.8 Å². The second-order valence-corrected chi connectivity index (χ2v) is 9.02. The molecule has 0 spiro atoms. The fraction of sp³-hybridized carbons (Fsp3) is 0.333. The zero-order valence-corrected chi connectivity index (χ0v) is 19.6. The van der Waals surface area contributed by atoms with Crippen molar-refractivity contribution in [3.8, 4) is 17.3 Å². The van der Waals surface area contributed by atoms with Gasteiger partial charge < -0.3 is 20.3 Å². The van der Waals surface area contributed by atoms with Gasteiger partial charge in [-0.25, -0.2) is 9.78 Å². The summed E-state index contributed by atoms with van der Waals surface area (Å²) in [6, 6.07) is 18.9. The Hall–Kier alpha value is -4.12. The molecule has 3 N–H and O–H groups in total. The van der Waals surface area contributed by atoms with Gasteiger partial charge in [0.2, 0.25) is 5.91 Å². The van der Waals surface area contributed by atoms with Crippen molar-refractivity contribution < 1.29 is 14.7 Å². The van der Waals surface area contributed by atoms with Crippen LogP contribution in [0, 0.1) is 17.2 Å². The van der Waals surface area contributed by atoms with E-state index in [-0.39, 0.29) is 23.9 Å². The summed E-state index contributed by atoms with van der Waals surface area (Å²) in [6.07, 6.45) is 4.05. The van der Waals surface area contributed by atoms with Crippen LogP contribution in [0.3, 0.4) is 0 Å². The maximum absolute atomic E-state index is 13.2. The van der Waals surface area contributed by atoms with Gasteiger partial charge in [0.05, 0.1) is 29.6 Å². The number of benzene rings is 2. The van der Waals surface area contributed by atoms with Crippen molar-refractivity contribution in [2.45, 2.75) is 44.2 Å². The lowest BCUT2D eigenvalue weighted by Crippen LogP contribution is -2.42. The number of carbonyl (C=O) groups is 2. The highest BCUT2D eigenvalue weighted by Gasteiger charge is 2.31. The number of amides is 2. The summed E-state index contributed by atoms with van der Waals surface area (Å²) in [7, 11) is 1.59. The minimum absolute atomic E-state index is 0.0290. The number of nitriles is 1. The van der Waals surface area contributed by atoms with Crippen LogP contribution in [-0.4, -0.2) is 45.1 Å². The summed E-state index contributed by atoms with van der Waals surface area (Å²) in [6.45, 7) is 0. The molecule has 0 radical (unpaired) electrons. The average molecular weight is 472 g/mol. The van der Waals surface area contributed by atoms with E-state index >= 15 is 0 Å². The lowest BCUT2D eigenvalue weighted by Gasteiger charge is -2.33. The Balaban J connectivity index is 1.48. The van der Waals surface area contributed by atoms with Gasteiger partial charge in [-0.3, -0.25) is 4.79 Å². The van der Waals surface area contributed by atoms with Gasteiger partial charge in [0.1, 0.15) is 5.82 Å². The van der Waals surface area contributed by atoms with E-state index in [4.69, 9.17) is 5.26 Å². The van der Waals surface area contributed by atoms with E-state index in [0.29, 0.717) is 43.5 Å². The predicted octanol–water partition coefficient (Wildman–Crippen LogP) is 4.52. The van der Waals surface area contributed by atoms with Crippen LogP contribution >= 0.6 is 0 Å². The van der Waals surface area contributed by atoms with Crippen LogP contribution in [0.5, 0.6) is 0 Å². The molecule has 3 aromatic rings. The molecular formula is C27H29N5O3. The molecule has 1 fully saturated rings. The molecule has 0 saturated heterocycles. The predicted molar refractivity (Wildman–Crippen MR) is 131 cm³/mol. The maximum Gasteiger partial charge on any atom is 0.407 e. The van der Waals surface area contributed by atoms with Gasteiger partial charge in [-0.1, -0.05) is 42.5 Å². The highest BCUT2D eigenvalue weighted by molar-refractivity contribution is 5.79. The van der Waals surface area contributed by atoms with Crippen LogP contribution in [0.25, 0.3) is 11.3 Å². The third kappa shape index (κ3) is 5.87. The summed E-state index contributed by atoms with van der Waals surface area (Å²) in [5.41, 5.74) is 3.40. The number of H-pyrrole nitrogens is 1. The summed E-state index contributed by atoms with van der Waals surface area (Å²) in [4.78, 5) is 33.7. The molecule has 8 nitrogen and oxygen atoms in total. The molecule has 2 amide bonds. The molecule has 1 heterocycles. The Morgan fingerprint density at radius 2 is 1.83 bits per heavy atom. The molecule has 2 aromatic carbocycles. The van der Waals surface area contributed by atoms with Crippen molar-refractivity contribution in [1.82, 2.24) is 20.2 Å². The van der Waals surface area contributed by atoms with Gasteiger partial charge in [-0.05, 0) is 55.4 Å². The molecule has 8 heteroatoms. The SMILES string of the molecule is CN(C(=O)O)C1CCC(C(=O)N[C@@H](Cc2ccccc2)c2ncc(-c3ccc(C#N)cc3)[nH]2)CC1. The molecule has 0 aliphatic heterocycles. The zero-order chi connectivity index (χ0) is 24.8.